The summed E-state index contributed by atoms with van der Waals surface area (Å²) in [7, 11) is 0. The van der Waals surface area contributed by atoms with Gasteiger partial charge in [-0.2, -0.15) is 0 Å². The topological polar surface area (TPSA) is 77.7 Å². The van der Waals surface area contributed by atoms with Crippen molar-refractivity contribution in [1.82, 2.24) is 9.88 Å². The Kier molecular flexibility index (Phi) is 6.07. The fourth-order valence-corrected chi connectivity index (χ4v) is 3.05. The molecule has 1 fully saturated rings. The lowest BCUT2D eigenvalue weighted by molar-refractivity contribution is 0.0708. The number of hydrogen-bond donors (Lipinski definition) is 1. The van der Waals surface area contributed by atoms with E-state index in [1.54, 1.807) is 30.6 Å². The van der Waals surface area contributed by atoms with Crippen molar-refractivity contribution in [3.8, 4) is 11.5 Å². The average molecular weight is 355 g/mol. The van der Waals surface area contributed by atoms with Gasteiger partial charge in [-0.15, -0.1) is 0 Å². The van der Waals surface area contributed by atoms with Crippen molar-refractivity contribution in [1.29, 1.82) is 0 Å². The first-order valence-corrected chi connectivity index (χ1v) is 9.00. The summed E-state index contributed by atoms with van der Waals surface area (Å²) in [5.74, 6) is 1.17. The van der Waals surface area contributed by atoms with E-state index in [1.165, 1.54) is 0 Å². The van der Waals surface area contributed by atoms with Crippen molar-refractivity contribution >= 4 is 5.91 Å². The van der Waals surface area contributed by atoms with Crippen molar-refractivity contribution < 1.29 is 14.3 Å². The van der Waals surface area contributed by atoms with Crippen molar-refractivity contribution in [2.45, 2.75) is 32.4 Å². The summed E-state index contributed by atoms with van der Waals surface area (Å²) in [6.07, 6.45) is 5.40. The van der Waals surface area contributed by atoms with Crippen molar-refractivity contribution in [3.63, 3.8) is 0 Å². The molecular formula is C20H25N3O3. The highest BCUT2D eigenvalue weighted by molar-refractivity contribution is 5.95. The van der Waals surface area contributed by atoms with Gasteiger partial charge >= 0.3 is 0 Å². The zero-order chi connectivity index (χ0) is 18.4. The summed E-state index contributed by atoms with van der Waals surface area (Å²) in [5, 5.41) is 0. The summed E-state index contributed by atoms with van der Waals surface area (Å²) in [6.45, 7) is 4.14. The van der Waals surface area contributed by atoms with Gasteiger partial charge in [-0.25, -0.2) is 0 Å². The van der Waals surface area contributed by atoms with Gasteiger partial charge in [0, 0.05) is 42.7 Å². The number of amides is 1. The molecule has 1 atom stereocenters. The molecule has 1 aliphatic rings. The Morgan fingerprint density at radius 1 is 1.31 bits per heavy atom. The zero-order valence-corrected chi connectivity index (χ0v) is 15.1. The predicted octanol–water partition coefficient (Wildman–Crippen LogP) is 2.62. The van der Waals surface area contributed by atoms with E-state index in [1.807, 2.05) is 24.0 Å². The molecule has 1 aliphatic heterocycles. The van der Waals surface area contributed by atoms with Gasteiger partial charge in [-0.1, -0.05) is 6.07 Å². The van der Waals surface area contributed by atoms with Crippen LogP contribution in [0, 0.1) is 0 Å². The Balaban J connectivity index is 1.74. The fourth-order valence-electron chi connectivity index (χ4n) is 3.05. The Morgan fingerprint density at radius 2 is 2.19 bits per heavy atom. The van der Waals surface area contributed by atoms with Gasteiger partial charge in [-0.3, -0.25) is 9.78 Å². The van der Waals surface area contributed by atoms with E-state index >= 15 is 0 Å². The lowest BCUT2D eigenvalue weighted by atomic mass is 10.1. The van der Waals surface area contributed by atoms with Crippen LogP contribution >= 0.6 is 0 Å². The third-order valence-electron chi connectivity index (χ3n) is 4.35. The number of carbonyl (C=O) groups excluding carboxylic acids is 1. The smallest absolute Gasteiger partial charge is 0.254 e. The molecule has 0 bridgehead atoms. The number of likely N-dealkylation sites (tertiary alicyclic amines) is 1. The van der Waals surface area contributed by atoms with Gasteiger partial charge in [0.1, 0.15) is 6.61 Å². The number of nitrogens with zero attached hydrogens (tertiary/aromatic N) is 2. The van der Waals surface area contributed by atoms with E-state index in [4.69, 9.17) is 15.2 Å². The van der Waals surface area contributed by atoms with E-state index in [0.717, 1.165) is 24.9 Å². The SMILES string of the molecule is CCOc1cc(C(=O)N2CCC[C@H](N)C2)ccc1OCc1cccnc1. The molecule has 1 aromatic carbocycles. The quantitative estimate of drug-likeness (QED) is 0.862. The Labute approximate surface area is 153 Å². The van der Waals surface area contributed by atoms with Gasteiger partial charge in [-0.05, 0) is 44.0 Å². The fraction of sp³-hybridized carbons (Fsp3) is 0.400. The molecule has 2 aromatic rings. The minimum absolute atomic E-state index is 0.0140. The number of rotatable bonds is 6. The molecule has 0 saturated carbocycles. The number of piperidine rings is 1. The van der Waals surface area contributed by atoms with Crippen LogP contribution in [0.2, 0.25) is 0 Å². The van der Waals surface area contributed by atoms with Gasteiger partial charge in [0.15, 0.2) is 11.5 Å². The number of carbonyl (C=O) groups is 1. The van der Waals surface area contributed by atoms with Crippen LogP contribution in [0.1, 0.15) is 35.7 Å². The van der Waals surface area contributed by atoms with Crippen molar-refractivity contribution in [3.05, 3.63) is 53.9 Å². The molecule has 1 amide bonds. The number of hydrogen-bond acceptors (Lipinski definition) is 5. The number of ether oxygens (including phenoxy) is 2. The second-order valence-corrected chi connectivity index (χ2v) is 6.40. The Bertz CT molecular complexity index is 736. The number of nitrogens with two attached hydrogens (primary N) is 1. The highest BCUT2D eigenvalue weighted by Crippen LogP contribution is 2.30. The molecule has 26 heavy (non-hydrogen) atoms. The Hall–Kier alpha value is -2.60. The van der Waals surface area contributed by atoms with Gasteiger partial charge in [0.05, 0.1) is 6.61 Å². The maximum absolute atomic E-state index is 12.8. The monoisotopic (exact) mass is 355 g/mol. The third-order valence-corrected chi connectivity index (χ3v) is 4.35. The first kappa shape index (κ1) is 18.2. The first-order chi connectivity index (χ1) is 12.7. The number of pyridine rings is 1. The van der Waals surface area contributed by atoms with E-state index < -0.39 is 0 Å². The van der Waals surface area contributed by atoms with Crippen molar-refractivity contribution in [2.24, 2.45) is 5.73 Å². The van der Waals surface area contributed by atoms with E-state index in [2.05, 4.69) is 4.98 Å². The zero-order valence-electron chi connectivity index (χ0n) is 15.1. The number of aromatic nitrogens is 1. The normalized spacial score (nSPS) is 17.0. The molecule has 6 nitrogen and oxygen atoms in total. The molecule has 0 aliphatic carbocycles. The summed E-state index contributed by atoms with van der Waals surface area (Å²) in [6, 6.07) is 9.20. The molecule has 0 unspecified atom stereocenters. The van der Waals surface area contributed by atoms with Crippen LogP contribution < -0.4 is 15.2 Å². The first-order valence-electron chi connectivity index (χ1n) is 9.00. The molecular weight excluding hydrogens is 330 g/mol. The van der Waals surface area contributed by atoms with Crippen LogP contribution in [-0.4, -0.2) is 41.5 Å². The van der Waals surface area contributed by atoms with Crippen LogP contribution in [0.3, 0.4) is 0 Å². The van der Waals surface area contributed by atoms with E-state index in [-0.39, 0.29) is 11.9 Å². The minimum atomic E-state index is -0.0140. The molecule has 0 spiro atoms. The summed E-state index contributed by atoms with van der Waals surface area (Å²) >= 11 is 0. The molecule has 0 radical (unpaired) electrons. The summed E-state index contributed by atoms with van der Waals surface area (Å²) in [4.78, 5) is 18.7. The van der Waals surface area contributed by atoms with Crippen LogP contribution in [-0.2, 0) is 6.61 Å². The van der Waals surface area contributed by atoms with Crippen LogP contribution in [0.25, 0.3) is 0 Å². The van der Waals surface area contributed by atoms with Crippen LogP contribution in [0.5, 0.6) is 11.5 Å². The second kappa shape index (κ2) is 8.67. The van der Waals surface area contributed by atoms with Gasteiger partial charge in [0.25, 0.3) is 5.91 Å². The maximum atomic E-state index is 12.8. The maximum Gasteiger partial charge on any atom is 0.254 e. The van der Waals surface area contributed by atoms with Gasteiger partial charge in [0.2, 0.25) is 0 Å². The molecule has 2 heterocycles. The average Bonchev–Trinajstić information content (AvgIpc) is 2.67. The standard InChI is InChI=1S/C20H25N3O3/c1-2-25-19-11-16(20(24)23-10-4-6-17(21)13-23)7-8-18(19)26-14-15-5-3-9-22-12-15/h3,5,7-9,11-12,17H,2,4,6,10,13-14,21H2,1H3/t17-/m0/s1. The highest BCUT2D eigenvalue weighted by atomic mass is 16.5. The van der Waals surface area contributed by atoms with Crippen LogP contribution in [0.15, 0.2) is 42.7 Å². The molecule has 2 N–H and O–H groups in total. The predicted molar refractivity (Wildman–Crippen MR) is 99.3 cm³/mol. The second-order valence-electron chi connectivity index (χ2n) is 6.40. The summed E-state index contributed by atoms with van der Waals surface area (Å²) < 4.78 is 11.6. The lowest BCUT2D eigenvalue weighted by Crippen LogP contribution is -2.45. The molecule has 1 saturated heterocycles. The third kappa shape index (κ3) is 4.52. The van der Waals surface area contributed by atoms with E-state index in [9.17, 15) is 4.79 Å². The van der Waals surface area contributed by atoms with Crippen LogP contribution in [0.4, 0.5) is 0 Å². The molecule has 1 aromatic heterocycles. The minimum Gasteiger partial charge on any atom is -0.490 e. The number of benzene rings is 1. The van der Waals surface area contributed by atoms with E-state index in [0.29, 0.717) is 36.8 Å². The van der Waals surface area contributed by atoms with Gasteiger partial charge < -0.3 is 20.1 Å². The molecule has 138 valence electrons. The lowest BCUT2D eigenvalue weighted by Gasteiger charge is -2.31. The molecule has 6 heteroatoms. The molecule has 3 rings (SSSR count). The Morgan fingerprint density at radius 3 is 2.92 bits per heavy atom. The largest absolute Gasteiger partial charge is 0.490 e. The summed E-state index contributed by atoms with van der Waals surface area (Å²) in [5.41, 5.74) is 7.56. The van der Waals surface area contributed by atoms with Crippen molar-refractivity contribution in [2.75, 3.05) is 19.7 Å². The highest BCUT2D eigenvalue weighted by Gasteiger charge is 2.23.